The maximum absolute atomic E-state index is 12.4. The van der Waals surface area contributed by atoms with Gasteiger partial charge in [-0.05, 0) is 30.4 Å². The molecule has 2 aromatic rings. The molecule has 1 saturated carbocycles. The van der Waals surface area contributed by atoms with Gasteiger partial charge in [-0.2, -0.15) is 0 Å². The zero-order valence-electron chi connectivity index (χ0n) is 14.7. The van der Waals surface area contributed by atoms with E-state index in [2.05, 4.69) is 12.2 Å². The quantitative estimate of drug-likeness (QED) is 0.819. The van der Waals surface area contributed by atoms with Crippen LogP contribution < -0.4 is 5.32 Å². The predicted octanol–water partition coefficient (Wildman–Crippen LogP) is 4.47. The number of ketones is 1. The van der Waals surface area contributed by atoms with Crippen molar-refractivity contribution < 1.29 is 9.59 Å². The average Bonchev–Trinajstić information content (AvgIpc) is 2.67. The van der Waals surface area contributed by atoms with E-state index >= 15 is 0 Å². The van der Waals surface area contributed by atoms with Gasteiger partial charge in [0.25, 0.3) is 5.91 Å². The SMILES string of the molecule is CC1CCCCC1CNC(=O)c1ccc(C(=O)c2ccccc2)cc1. The number of carbonyl (C=O) groups excluding carboxylic acids is 2. The van der Waals surface area contributed by atoms with E-state index in [4.69, 9.17) is 0 Å². The third-order valence-corrected chi connectivity index (χ3v) is 5.26. The van der Waals surface area contributed by atoms with Crippen molar-refractivity contribution in [2.24, 2.45) is 11.8 Å². The molecule has 3 rings (SSSR count). The van der Waals surface area contributed by atoms with E-state index in [1.807, 2.05) is 18.2 Å². The summed E-state index contributed by atoms with van der Waals surface area (Å²) in [6, 6.07) is 16.1. The third kappa shape index (κ3) is 4.36. The molecule has 130 valence electrons. The van der Waals surface area contributed by atoms with Gasteiger partial charge in [0, 0.05) is 23.2 Å². The molecular weight excluding hydrogens is 310 g/mol. The fourth-order valence-electron chi connectivity index (χ4n) is 3.55. The molecule has 1 fully saturated rings. The summed E-state index contributed by atoms with van der Waals surface area (Å²) in [6.45, 7) is 3.02. The zero-order valence-corrected chi connectivity index (χ0v) is 14.7. The van der Waals surface area contributed by atoms with Crippen LogP contribution in [-0.2, 0) is 0 Å². The molecule has 0 heterocycles. The van der Waals surface area contributed by atoms with Crippen LogP contribution in [0.25, 0.3) is 0 Å². The Morgan fingerprint density at radius 3 is 2.16 bits per heavy atom. The van der Waals surface area contributed by atoms with E-state index in [-0.39, 0.29) is 11.7 Å². The van der Waals surface area contributed by atoms with E-state index in [1.54, 1.807) is 36.4 Å². The van der Waals surface area contributed by atoms with Crippen molar-refractivity contribution in [2.75, 3.05) is 6.54 Å². The van der Waals surface area contributed by atoms with Crippen LogP contribution >= 0.6 is 0 Å². The molecular formula is C22H25NO2. The molecule has 3 nitrogen and oxygen atoms in total. The summed E-state index contributed by atoms with van der Waals surface area (Å²) >= 11 is 0. The lowest BCUT2D eigenvalue weighted by molar-refractivity contribution is 0.0935. The van der Waals surface area contributed by atoms with E-state index in [0.717, 1.165) is 6.54 Å². The summed E-state index contributed by atoms with van der Waals surface area (Å²) in [7, 11) is 0. The smallest absolute Gasteiger partial charge is 0.251 e. The molecule has 1 aliphatic rings. The largest absolute Gasteiger partial charge is 0.352 e. The number of nitrogens with one attached hydrogen (secondary N) is 1. The predicted molar refractivity (Wildman–Crippen MR) is 99.8 cm³/mol. The normalized spacial score (nSPS) is 20.0. The van der Waals surface area contributed by atoms with Crippen LogP contribution in [0.3, 0.4) is 0 Å². The molecule has 2 atom stereocenters. The van der Waals surface area contributed by atoms with Crippen LogP contribution in [-0.4, -0.2) is 18.2 Å². The summed E-state index contributed by atoms with van der Waals surface area (Å²) in [6.07, 6.45) is 5.03. The van der Waals surface area contributed by atoms with Crippen molar-refractivity contribution in [2.45, 2.75) is 32.6 Å². The van der Waals surface area contributed by atoms with Gasteiger partial charge < -0.3 is 5.32 Å². The minimum absolute atomic E-state index is 0.0245. The van der Waals surface area contributed by atoms with Gasteiger partial charge in [0.15, 0.2) is 5.78 Å². The Hall–Kier alpha value is -2.42. The molecule has 25 heavy (non-hydrogen) atoms. The first-order valence-corrected chi connectivity index (χ1v) is 9.13. The minimum Gasteiger partial charge on any atom is -0.352 e. The van der Waals surface area contributed by atoms with Crippen molar-refractivity contribution in [1.29, 1.82) is 0 Å². The molecule has 1 aliphatic carbocycles. The van der Waals surface area contributed by atoms with Gasteiger partial charge in [-0.15, -0.1) is 0 Å². The van der Waals surface area contributed by atoms with Crippen molar-refractivity contribution in [1.82, 2.24) is 5.32 Å². The van der Waals surface area contributed by atoms with Gasteiger partial charge in [0.2, 0.25) is 0 Å². The molecule has 0 saturated heterocycles. The second-order valence-corrected chi connectivity index (χ2v) is 7.00. The van der Waals surface area contributed by atoms with Crippen molar-refractivity contribution >= 4 is 11.7 Å². The lowest BCUT2D eigenvalue weighted by atomic mass is 9.80. The molecule has 1 N–H and O–H groups in total. The molecule has 1 amide bonds. The third-order valence-electron chi connectivity index (χ3n) is 5.26. The Morgan fingerprint density at radius 1 is 0.880 bits per heavy atom. The van der Waals surface area contributed by atoms with E-state index in [1.165, 1.54) is 25.7 Å². The van der Waals surface area contributed by atoms with Gasteiger partial charge in [0.05, 0.1) is 0 Å². The molecule has 3 heteroatoms. The Kier molecular flexibility index (Phi) is 5.64. The lowest BCUT2D eigenvalue weighted by Crippen LogP contribution is -2.33. The highest BCUT2D eigenvalue weighted by atomic mass is 16.1. The number of carbonyl (C=O) groups is 2. The number of hydrogen-bond donors (Lipinski definition) is 1. The Bertz CT molecular complexity index is 721. The van der Waals surface area contributed by atoms with Crippen LogP contribution in [0.5, 0.6) is 0 Å². The summed E-state index contributed by atoms with van der Waals surface area (Å²) in [5.41, 5.74) is 1.86. The number of amides is 1. The molecule has 0 spiro atoms. The number of hydrogen-bond acceptors (Lipinski definition) is 2. The van der Waals surface area contributed by atoms with Crippen LogP contribution in [0.2, 0.25) is 0 Å². The number of benzene rings is 2. The zero-order chi connectivity index (χ0) is 17.6. The fourth-order valence-corrected chi connectivity index (χ4v) is 3.55. The number of rotatable bonds is 5. The summed E-state index contributed by atoms with van der Waals surface area (Å²) in [5, 5.41) is 3.06. The minimum atomic E-state index is -0.0588. The van der Waals surface area contributed by atoms with Gasteiger partial charge >= 0.3 is 0 Å². The van der Waals surface area contributed by atoms with Gasteiger partial charge in [0.1, 0.15) is 0 Å². The first-order valence-electron chi connectivity index (χ1n) is 9.13. The molecule has 0 radical (unpaired) electrons. The van der Waals surface area contributed by atoms with Crippen molar-refractivity contribution in [3.8, 4) is 0 Å². The van der Waals surface area contributed by atoms with E-state index in [9.17, 15) is 9.59 Å². The molecule has 2 unspecified atom stereocenters. The second-order valence-electron chi connectivity index (χ2n) is 7.00. The molecule has 2 aromatic carbocycles. The van der Waals surface area contributed by atoms with E-state index < -0.39 is 0 Å². The van der Waals surface area contributed by atoms with Crippen LogP contribution in [0.1, 0.15) is 58.9 Å². The Balaban J connectivity index is 1.60. The van der Waals surface area contributed by atoms with Gasteiger partial charge in [-0.1, -0.05) is 68.7 Å². The average molecular weight is 335 g/mol. The van der Waals surface area contributed by atoms with Crippen LogP contribution in [0.4, 0.5) is 0 Å². The Labute approximate surface area is 149 Å². The van der Waals surface area contributed by atoms with Gasteiger partial charge in [-0.3, -0.25) is 9.59 Å². The Morgan fingerprint density at radius 2 is 1.48 bits per heavy atom. The monoisotopic (exact) mass is 335 g/mol. The second kappa shape index (κ2) is 8.11. The summed E-state index contributed by atoms with van der Waals surface area (Å²) in [5.74, 6) is 1.18. The van der Waals surface area contributed by atoms with Crippen LogP contribution in [0, 0.1) is 11.8 Å². The molecule has 0 aromatic heterocycles. The summed E-state index contributed by atoms with van der Waals surface area (Å²) in [4.78, 5) is 24.7. The standard InChI is InChI=1S/C22H25NO2/c1-16-7-5-6-10-20(16)15-23-22(25)19-13-11-18(12-14-19)21(24)17-8-3-2-4-9-17/h2-4,8-9,11-14,16,20H,5-7,10,15H2,1H3,(H,23,25). The fraction of sp³-hybridized carbons (Fsp3) is 0.364. The first kappa shape index (κ1) is 17.4. The maximum atomic E-state index is 12.4. The highest BCUT2D eigenvalue weighted by Gasteiger charge is 2.21. The van der Waals surface area contributed by atoms with Crippen molar-refractivity contribution in [3.63, 3.8) is 0 Å². The van der Waals surface area contributed by atoms with Gasteiger partial charge in [-0.25, -0.2) is 0 Å². The highest BCUT2D eigenvalue weighted by molar-refractivity contribution is 6.09. The molecule has 0 bridgehead atoms. The maximum Gasteiger partial charge on any atom is 0.251 e. The lowest BCUT2D eigenvalue weighted by Gasteiger charge is -2.28. The highest BCUT2D eigenvalue weighted by Crippen LogP contribution is 2.28. The summed E-state index contributed by atoms with van der Waals surface area (Å²) < 4.78 is 0. The van der Waals surface area contributed by atoms with E-state index in [0.29, 0.717) is 28.5 Å². The van der Waals surface area contributed by atoms with Crippen LogP contribution in [0.15, 0.2) is 54.6 Å². The molecule has 0 aliphatic heterocycles. The topological polar surface area (TPSA) is 46.2 Å². The first-order chi connectivity index (χ1) is 12.1. The van der Waals surface area contributed by atoms with Crippen molar-refractivity contribution in [3.05, 3.63) is 71.3 Å².